The Hall–Kier alpha value is -4.08. The molecule has 2 atom stereocenters. The van der Waals surface area contributed by atoms with Gasteiger partial charge in [-0.25, -0.2) is 4.79 Å². The lowest BCUT2D eigenvalue weighted by Crippen LogP contribution is -2.63. The fraction of sp³-hybridized carbons (Fsp3) is 0.259. The van der Waals surface area contributed by atoms with Gasteiger partial charge in [-0.1, -0.05) is 48.5 Å². The summed E-state index contributed by atoms with van der Waals surface area (Å²) in [6, 6.07) is 16.6. The van der Waals surface area contributed by atoms with Crippen molar-refractivity contribution in [2.45, 2.75) is 32.0 Å². The third-order valence-corrected chi connectivity index (χ3v) is 6.24. The maximum absolute atomic E-state index is 13.0. The van der Waals surface area contributed by atoms with E-state index in [-0.39, 0.29) is 18.3 Å². The van der Waals surface area contributed by atoms with Crippen LogP contribution < -0.4 is 22.1 Å². The number of nitrogens with one attached hydrogen (secondary N) is 3. The molecule has 0 bridgehead atoms. The number of amides is 1. The molecule has 0 aliphatic rings. The van der Waals surface area contributed by atoms with Crippen molar-refractivity contribution < 1.29 is 19.1 Å². The first-order valence-electron chi connectivity index (χ1n) is 11.5. The minimum Gasteiger partial charge on any atom is -0.464 e. The van der Waals surface area contributed by atoms with E-state index in [1.165, 1.54) is 14.0 Å². The van der Waals surface area contributed by atoms with Crippen LogP contribution in [0.2, 0.25) is 0 Å². The number of Topliss-reactive ketones (excluding diaryl/α,β-unsaturated/α-hetero) is 1. The first kappa shape index (κ1) is 26.5. The molecule has 0 radical (unpaired) electrons. The van der Waals surface area contributed by atoms with Crippen LogP contribution in [0.5, 0.6) is 0 Å². The van der Waals surface area contributed by atoms with Crippen molar-refractivity contribution in [3.05, 3.63) is 82.9 Å². The van der Waals surface area contributed by atoms with Crippen molar-refractivity contribution in [2.75, 3.05) is 13.7 Å². The van der Waals surface area contributed by atoms with Gasteiger partial charge in [-0.15, -0.1) is 0 Å². The molecule has 0 saturated heterocycles. The minimum absolute atomic E-state index is 0.0158. The fourth-order valence-corrected chi connectivity index (χ4v) is 4.19. The maximum Gasteiger partial charge on any atom is 0.336 e. The standard InChI is InChI=1S/C27H31N5O4/c1-4-36-26(35)27(31-3,16(2)33)23(28)20-12-13-21-19(14-20)6-5-7-22(21)25(34)32-15-17-8-10-18(11-9-17)24(29)30/h5-14,23,31H,4,15,28H2,1-3H3,(H3,29,30)(H,32,34). The number of benzene rings is 3. The van der Waals surface area contributed by atoms with E-state index < -0.39 is 23.3 Å². The van der Waals surface area contributed by atoms with Gasteiger partial charge in [0, 0.05) is 17.7 Å². The highest BCUT2D eigenvalue weighted by Crippen LogP contribution is 2.30. The van der Waals surface area contributed by atoms with Crippen LogP contribution in [0, 0.1) is 5.41 Å². The number of fused-ring (bicyclic) bond motifs is 1. The number of nitrogens with two attached hydrogens (primary N) is 2. The van der Waals surface area contributed by atoms with Crippen molar-refractivity contribution in [1.82, 2.24) is 10.6 Å². The lowest BCUT2D eigenvalue weighted by atomic mass is 9.82. The molecule has 9 nitrogen and oxygen atoms in total. The van der Waals surface area contributed by atoms with E-state index in [4.69, 9.17) is 21.6 Å². The van der Waals surface area contributed by atoms with Crippen LogP contribution in [-0.4, -0.2) is 42.7 Å². The summed E-state index contributed by atoms with van der Waals surface area (Å²) in [7, 11) is 1.50. The average Bonchev–Trinajstić information content (AvgIpc) is 2.87. The Labute approximate surface area is 209 Å². The van der Waals surface area contributed by atoms with Crippen LogP contribution in [-0.2, 0) is 20.9 Å². The number of ether oxygens (including phenoxy) is 1. The van der Waals surface area contributed by atoms with Crippen LogP contribution in [0.15, 0.2) is 60.7 Å². The van der Waals surface area contributed by atoms with Crippen LogP contribution in [0.1, 0.15) is 46.9 Å². The summed E-state index contributed by atoms with van der Waals surface area (Å²) >= 11 is 0. The van der Waals surface area contributed by atoms with Crippen LogP contribution >= 0.6 is 0 Å². The van der Waals surface area contributed by atoms with Crippen molar-refractivity contribution in [2.24, 2.45) is 11.5 Å². The largest absolute Gasteiger partial charge is 0.464 e. The molecule has 0 aliphatic heterocycles. The summed E-state index contributed by atoms with van der Waals surface area (Å²) in [6.45, 7) is 3.37. The number of likely N-dealkylation sites (N-methyl/N-ethyl adjacent to an activating group) is 1. The van der Waals surface area contributed by atoms with Gasteiger partial charge in [0.25, 0.3) is 5.91 Å². The molecule has 0 aliphatic carbocycles. The monoisotopic (exact) mass is 489 g/mol. The Morgan fingerprint density at radius 1 is 1.08 bits per heavy atom. The Kier molecular flexibility index (Phi) is 8.18. The SMILES string of the molecule is CCOC(=O)C(NC)(C(C)=O)C(N)c1ccc2c(C(=O)NCc3ccc(C(=N)N)cc3)cccc2c1. The van der Waals surface area contributed by atoms with Gasteiger partial charge in [0.1, 0.15) is 5.84 Å². The number of esters is 1. The molecular formula is C27H31N5O4. The number of carbonyl (C=O) groups excluding carboxylic acids is 3. The average molecular weight is 490 g/mol. The predicted octanol–water partition coefficient (Wildman–Crippen LogP) is 2.16. The molecule has 9 heteroatoms. The van der Waals surface area contributed by atoms with Crippen LogP contribution in [0.3, 0.4) is 0 Å². The van der Waals surface area contributed by atoms with Crippen LogP contribution in [0.4, 0.5) is 0 Å². The second kappa shape index (κ2) is 11.1. The molecule has 0 aromatic heterocycles. The molecule has 3 aromatic carbocycles. The highest BCUT2D eigenvalue weighted by Gasteiger charge is 2.49. The first-order chi connectivity index (χ1) is 17.1. The van der Waals surface area contributed by atoms with E-state index in [0.717, 1.165) is 10.9 Å². The zero-order chi connectivity index (χ0) is 26.5. The third kappa shape index (κ3) is 5.12. The molecule has 3 aromatic rings. The van der Waals surface area contributed by atoms with E-state index in [1.807, 2.05) is 6.07 Å². The number of amidine groups is 1. The number of hydrogen-bond donors (Lipinski definition) is 5. The molecule has 188 valence electrons. The molecule has 3 rings (SSSR count). The molecule has 0 spiro atoms. The van der Waals surface area contributed by atoms with Crippen molar-refractivity contribution in [3.8, 4) is 0 Å². The number of rotatable bonds is 10. The Balaban J connectivity index is 1.88. The molecule has 0 saturated carbocycles. The summed E-state index contributed by atoms with van der Waals surface area (Å²) in [5, 5.41) is 14.6. The Bertz CT molecular complexity index is 1310. The molecule has 0 heterocycles. The van der Waals surface area contributed by atoms with Gasteiger partial charge in [-0.2, -0.15) is 0 Å². The van der Waals surface area contributed by atoms with Gasteiger partial charge < -0.3 is 21.5 Å². The lowest BCUT2D eigenvalue weighted by molar-refractivity contribution is -0.156. The topological polar surface area (TPSA) is 160 Å². The van der Waals surface area contributed by atoms with Gasteiger partial charge in [0.05, 0.1) is 12.6 Å². The molecule has 0 fully saturated rings. The summed E-state index contributed by atoms with van der Waals surface area (Å²) in [5.74, 6) is -1.47. The van der Waals surface area contributed by atoms with Gasteiger partial charge >= 0.3 is 5.97 Å². The second-order valence-corrected chi connectivity index (χ2v) is 8.39. The number of carbonyl (C=O) groups is 3. The van der Waals surface area contributed by atoms with Gasteiger partial charge in [-0.05, 0) is 54.9 Å². The lowest BCUT2D eigenvalue weighted by Gasteiger charge is -2.34. The summed E-state index contributed by atoms with van der Waals surface area (Å²) in [5.41, 5.74) is 12.7. The summed E-state index contributed by atoms with van der Waals surface area (Å²) in [4.78, 5) is 38.3. The smallest absolute Gasteiger partial charge is 0.336 e. The number of nitrogen functional groups attached to an aromatic ring is 1. The molecular weight excluding hydrogens is 458 g/mol. The zero-order valence-corrected chi connectivity index (χ0v) is 20.6. The predicted molar refractivity (Wildman–Crippen MR) is 139 cm³/mol. The van der Waals surface area contributed by atoms with Crippen molar-refractivity contribution >= 4 is 34.3 Å². The molecule has 2 unspecified atom stereocenters. The van der Waals surface area contributed by atoms with E-state index in [1.54, 1.807) is 61.5 Å². The maximum atomic E-state index is 13.0. The Morgan fingerprint density at radius 2 is 1.78 bits per heavy atom. The summed E-state index contributed by atoms with van der Waals surface area (Å²) < 4.78 is 5.15. The zero-order valence-electron chi connectivity index (χ0n) is 20.6. The van der Waals surface area contributed by atoms with E-state index in [0.29, 0.717) is 28.6 Å². The van der Waals surface area contributed by atoms with Crippen molar-refractivity contribution in [3.63, 3.8) is 0 Å². The number of ketones is 1. The highest BCUT2D eigenvalue weighted by atomic mass is 16.5. The quantitative estimate of drug-likeness (QED) is 0.126. The molecule has 1 amide bonds. The van der Waals surface area contributed by atoms with Gasteiger partial charge in [0.2, 0.25) is 0 Å². The Morgan fingerprint density at radius 3 is 2.36 bits per heavy atom. The van der Waals surface area contributed by atoms with Crippen LogP contribution in [0.25, 0.3) is 10.8 Å². The van der Waals surface area contributed by atoms with E-state index in [9.17, 15) is 14.4 Å². The number of hydrogen-bond acceptors (Lipinski definition) is 7. The molecule has 7 N–H and O–H groups in total. The normalized spacial score (nSPS) is 13.4. The highest BCUT2D eigenvalue weighted by molar-refractivity contribution is 6.09. The van der Waals surface area contributed by atoms with Crippen molar-refractivity contribution in [1.29, 1.82) is 5.41 Å². The fourth-order valence-electron chi connectivity index (χ4n) is 4.19. The van der Waals surface area contributed by atoms with Gasteiger partial charge in [0.15, 0.2) is 11.3 Å². The van der Waals surface area contributed by atoms with Gasteiger partial charge in [-0.3, -0.25) is 20.3 Å². The third-order valence-electron chi connectivity index (χ3n) is 6.24. The van der Waals surface area contributed by atoms with E-state index in [2.05, 4.69) is 10.6 Å². The second-order valence-electron chi connectivity index (χ2n) is 8.39. The molecule has 36 heavy (non-hydrogen) atoms. The summed E-state index contributed by atoms with van der Waals surface area (Å²) in [6.07, 6.45) is 0. The first-order valence-corrected chi connectivity index (χ1v) is 11.5. The minimum atomic E-state index is -1.74. The van der Waals surface area contributed by atoms with E-state index >= 15 is 0 Å².